The van der Waals surface area contributed by atoms with Crippen molar-refractivity contribution in [2.24, 2.45) is 11.8 Å². The number of pyridine rings is 1. The van der Waals surface area contributed by atoms with Crippen molar-refractivity contribution in [2.45, 2.75) is 57.5 Å². The minimum Gasteiger partial charge on any atom is -0.381 e. The first-order valence-corrected chi connectivity index (χ1v) is 11.9. The maximum absolute atomic E-state index is 12.5. The van der Waals surface area contributed by atoms with Crippen molar-refractivity contribution in [3.05, 3.63) is 30.1 Å². The second kappa shape index (κ2) is 11.0. The predicted octanol–water partition coefficient (Wildman–Crippen LogP) is 2.22. The molecule has 7 nitrogen and oxygen atoms in total. The van der Waals surface area contributed by atoms with E-state index in [4.69, 9.17) is 4.74 Å². The van der Waals surface area contributed by atoms with Gasteiger partial charge in [0.2, 0.25) is 11.8 Å². The Morgan fingerprint density at radius 1 is 1.03 bits per heavy atom. The lowest BCUT2D eigenvalue weighted by Gasteiger charge is -2.41. The van der Waals surface area contributed by atoms with E-state index < -0.39 is 0 Å². The van der Waals surface area contributed by atoms with Gasteiger partial charge in [-0.15, -0.1) is 0 Å². The number of amides is 2. The van der Waals surface area contributed by atoms with E-state index in [2.05, 4.69) is 20.1 Å². The fraction of sp³-hybridized carbons (Fsp3) is 0.708. The molecule has 0 spiro atoms. The minimum absolute atomic E-state index is 0.110. The van der Waals surface area contributed by atoms with Crippen LogP contribution in [0.5, 0.6) is 0 Å². The summed E-state index contributed by atoms with van der Waals surface area (Å²) in [5.41, 5.74) is 1.08. The first-order valence-electron chi connectivity index (χ1n) is 11.9. The van der Waals surface area contributed by atoms with Crippen LogP contribution in [-0.4, -0.2) is 72.0 Å². The van der Waals surface area contributed by atoms with E-state index in [1.54, 1.807) is 12.4 Å². The molecule has 0 saturated carbocycles. The largest absolute Gasteiger partial charge is 0.381 e. The summed E-state index contributed by atoms with van der Waals surface area (Å²) in [6.45, 7) is 5.96. The highest BCUT2D eigenvalue weighted by molar-refractivity contribution is 5.78. The molecule has 1 unspecified atom stereocenters. The topological polar surface area (TPSA) is 74.8 Å². The van der Waals surface area contributed by atoms with Crippen molar-refractivity contribution < 1.29 is 14.3 Å². The number of carbonyl (C=O) groups is 2. The Morgan fingerprint density at radius 2 is 1.77 bits per heavy atom. The van der Waals surface area contributed by atoms with E-state index >= 15 is 0 Å². The van der Waals surface area contributed by atoms with Gasteiger partial charge in [-0.3, -0.25) is 14.6 Å². The van der Waals surface area contributed by atoms with Crippen molar-refractivity contribution in [2.75, 3.05) is 39.4 Å². The molecule has 7 heteroatoms. The number of hydrogen-bond acceptors (Lipinski definition) is 5. The number of likely N-dealkylation sites (tertiary alicyclic amines) is 2. The first kappa shape index (κ1) is 22.2. The molecule has 4 heterocycles. The van der Waals surface area contributed by atoms with Crippen molar-refractivity contribution in [3.63, 3.8) is 0 Å². The summed E-state index contributed by atoms with van der Waals surface area (Å²) in [6, 6.07) is 4.42. The lowest BCUT2D eigenvalue weighted by Crippen LogP contribution is -2.50. The van der Waals surface area contributed by atoms with Gasteiger partial charge in [-0.2, -0.15) is 0 Å². The van der Waals surface area contributed by atoms with Crippen LogP contribution in [0.25, 0.3) is 0 Å². The van der Waals surface area contributed by atoms with Gasteiger partial charge >= 0.3 is 0 Å². The molecule has 0 bridgehead atoms. The number of ether oxygens (including phenoxy) is 1. The highest BCUT2D eigenvalue weighted by atomic mass is 16.5. The number of piperidine rings is 2. The van der Waals surface area contributed by atoms with Crippen LogP contribution in [0.15, 0.2) is 24.5 Å². The molecule has 0 radical (unpaired) electrons. The molecule has 1 aromatic heterocycles. The normalized spacial score (nSPS) is 23.7. The lowest BCUT2D eigenvalue weighted by atomic mass is 9.92. The predicted molar refractivity (Wildman–Crippen MR) is 118 cm³/mol. The zero-order chi connectivity index (χ0) is 21.5. The highest BCUT2D eigenvalue weighted by Crippen LogP contribution is 2.25. The van der Waals surface area contributed by atoms with Gasteiger partial charge in [0.05, 0.1) is 0 Å². The quantitative estimate of drug-likeness (QED) is 0.721. The number of hydrogen-bond donors (Lipinski definition) is 1. The Bertz CT molecular complexity index is 707. The molecule has 4 rings (SSSR count). The van der Waals surface area contributed by atoms with Crippen LogP contribution in [0.3, 0.4) is 0 Å². The Balaban J connectivity index is 1.13. The molecule has 31 heavy (non-hydrogen) atoms. The van der Waals surface area contributed by atoms with Crippen LogP contribution in [-0.2, 0) is 20.9 Å². The number of nitrogens with zero attached hydrogens (tertiary/aromatic N) is 3. The minimum atomic E-state index is 0.110. The molecule has 3 saturated heterocycles. The fourth-order valence-corrected chi connectivity index (χ4v) is 5.14. The molecule has 3 fully saturated rings. The van der Waals surface area contributed by atoms with Crippen LogP contribution in [0, 0.1) is 11.8 Å². The lowest BCUT2D eigenvalue weighted by molar-refractivity contribution is -0.133. The molecule has 170 valence electrons. The molecule has 1 atom stereocenters. The third-order valence-corrected chi connectivity index (χ3v) is 7.24. The number of nitrogens with one attached hydrogen (secondary N) is 1. The summed E-state index contributed by atoms with van der Waals surface area (Å²) in [5, 5.41) is 3.08. The molecule has 0 aromatic carbocycles. The third-order valence-electron chi connectivity index (χ3n) is 7.24. The van der Waals surface area contributed by atoms with Crippen LogP contribution < -0.4 is 5.32 Å². The first-order chi connectivity index (χ1) is 15.2. The molecular formula is C24H36N4O3. The Morgan fingerprint density at radius 3 is 2.45 bits per heavy atom. The third kappa shape index (κ3) is 6.26. The average molecular weight is 429 g/mol. The van der Waals surface area contributed by atoms with Crippen molar-refractivity contribution >= 4 is 11.8 Å². The number of rotatable bonds is 7. The van der Waals surface area contributed by atoms with E-state index in [1.165, 1.54) is 0 Å². The maximum atomic E-state index is 12.5. The SMILES string of the molecule is O=C(NCc1ccncc1)C1CCN(C2CCN(C(=O)CCC3CCOC3)CC2)CC1. The van der Waals surface area contributed by atoms with Gasteiger partial charge in [0.25, 0.3) is 0 Å². The fourth-order valence-electron chi connectivity index (χ4n) is 5.14. The monoisotopic (exact) mass is 428 g/mol. The smallest absolute Gasteiger partial charge is 0.223 e. The molecule has 3 aliphatic rings. The van der Waals surface area contributed by atoms with E-state index in [1.807, 2.05) is 12.1 Å². The second-order valence-electron chi connectivity index (χ2n) is 9.26. The Kier molecular flexibility index (Phi) is 7.92. The molecule has 0 aliphatic carbocycles. The summed E-state index contributed by atoms with van der Waals surface area (Å²) in [6.07, 6.45) is 10.2. The number of carbonyl (C=O) groups excluding carboxylic acids is 2. The van der Waals surface area contributed by atoms with E-state index in [9.17, 15) is 9.59 Å². The second-order valence-corrected chi connectivity index (χ2v) is 9.26. The van der Waals surface area contributed by atoms with Crippen LogP contribution in [0.4, 0.5) is 0 Å². The van der Waals surface area contributed by atoms with Crippen LogP contribution in [0.2, 0.25) is 0 Å². The summed E-state index contributed by atoms with van der Waals surface area (Å²) in [4.78, 5) is 33.7. The average Bonchev–Trinajstić information content (AvgIpc) is 3.36. The maximum Gasteiger partial charge on any atom is 0.223 e. The summed E-state index contributed by atoms with van der Waals surface area (Å²) >= 11 is 0. The van der Waals surface area contributed by atoms with E-state index in [0.29, 0.717) is 30.8 Å². The van der Waals surface area contributed by atoms with Crippen molar-refractivity contribution in [1.82, 2.24) is 20.1 Å². The summed E-state index contributed by atoms with van der Waals surface area (Å²) in [5.74, 6) is 1.17. The zero-order valence-corrected chi connectivity index (χ0v) is 18.5. The van der Waals surface area contributed by atoms with Crippen LogP contribution in [0.1, 0.15) is 50.5 Å². The summed E-state index contributed by atoms with van der Waals surface area (Å²) in [7, 11) is 0. The summed E-state index contributed by atoms with van der Waals surface area (Å²) < 4.78 is 5.41. The zero-order valence-electron chi connectivity index (χ0n) is 18.5. The highest BCUT2D eigenvalue weighted by Gasteiger charge is 2.31. The van der Waals surface area contributed by atoms with Gasteiger partial charge < -0.3 is 19.9 Å². The van der Waals surface area contributed by atoms with Gasteiger partial charge in [-0.25, -0.2) is 0 Å². The van der Waals surface area contributed by atoms with E-state index in [0.717, 1.165) is 83.5 Å². The molecule has 1 aromatic rings. The van der Waals surface area contributed by atoms with E-state index in [-0.39, 0.29) is 11.8 Å². The Labute approximate surface area is 185 Å². The van der Waals surface area contributed by atoms with Gasteiger partial charge in [-0.1, -0.05) is 0 Å². The molecule has 1 N–H and O–H groups in total. The van der Waals surface area contributed by atoms with Crippen molar-refractivity contribution in [3.8, 4) is 0 Å². The van der Waals surface area contributed by atoms with Gasteiger partial charge in [0.1, 0.15) is 0 Å². The Hall–Kier alpha value is -1.99. The molecule has 2 amide bonds. The van der Waals surface area contributed by atoms with Gasteiger partial charge in [0.15, 0.2) is 0 Å². The molecular weight excluding hydrogens is 392 g/mol. The van der Waals surface area contributed by atoms with Gasteiger partial charge in [-0.05, 0) is 75.2 Å². The van der Waals surface area contributed by atoms with Crippen LogP contribution >= 0.6 is 0 Å². The van der Waals surface area contributed by atoms with Gasteiger partial charge in [0, 0.05) is 63.6 Å². The van der Waals surface area contributed by atoms with Crippen molar-refractivity contribution in [1.29, 1.82) is 0 Å². The standard InChI is InChI=1S/C24H36N4O3/c29-23(2-1-20-9-16-31-18-20)28-14-7-22(8-15-28)27-12-5-21(6-13-27)24(30)26-17-19-3-10-25-11-4-19/h3-4,10-11,20-22H,1-2,5-9,12-18H2,(H,26,30). The molecule has 3 aliphatic heterocycles. The number of aromatic nitrogens is 1.